The van der Waals surface area contributed by atoms with E-state index in [4.69, 9.17) is 11.6 Å². The van der Waals surface area contributed by atoms with E-state index >= 15 is 0 Å². The van der Waals surface area contributed by atoms with Crippen molar-refractivity contribution in [2.75, 3.05) is 0 Å². The van der Waals surface area contributed by atoms with E-state index in [0.717, 1.165) is 11.4 Å². The van der Waals surface area contributed by atoms with Gasteiger partial charge in [0.2, 0.25) is 0 Å². The van der Waals surface area contributed by atoms with Gasteiger partial charge in [0.05, 0.1) is 0 Å². The van der Waals surface area contributed by atoms with Crippen molar-refractivity contribution in [2.24, 2.45) is 0 Å². The minimum Gasteiger partial charge on any atom is -0.303 e. The molecule has 1 unspecified atom stereocenters. The molecule has 3 heteroatoms. The maximum absolute atomic E-state index is 6.06. The van der Waals surface area contributed by atoms with Crippen molar-refractivity contribution in [3.8, 4) is 0 Å². The molecule has 1 aromatic carbocycles. The van der Waals surface area contributed by atoms with Crippen LogP contribution in [0.5, 0.6) is 0 Å². The van der Waals surface area contributed by atoms with Crippen LogP contribution in [0.25, 0.3) is 0 Å². The third kappa shape index (κ3) is 3.79. The van der Waals surface area contributed by atoms with Gasteiger partial charge >= 0.3 is 0 Å². The SMILES string of the molecule is CCC(N[C@@H](C)c1cccnc1)c1cccc(Cl)c1. The zero-order chi connectivity index (χ0) is 13.7. The zero-order valence-corrected chi connectivity index (χ0v) is 12.1. The molecule has 0 spiro atoms. The molecule has 2 nitrogen and oxygen atoms in total. The fourth-order valence-electron chi connectivity index (χ4n) is 2.20. The zero-order valence-electron chi connectivity index (χ0n) is 11.3. The van der Waals surface area contributed by atoms with E-state index in [-0.39, 0.29) is 6.04 Å². The van der Waals surface area contributed by atoms with Crippen LogP contribution >= 0.6 is 11.6 Å². The average molecular weight is 275 g/mol. The summed E-state index contributed by atoms with van der Waals surface area (Å²) in [6.07, 6.45) is 4.72. The van der Waals surface area contributed by atoms with Crippen LogP contribution in [0, 0.1) is 0 Å². The van der Waals surface area contributed by atoms with Gasteiger partial charge in [0, 0.05) is 29.5 Å². The Balaban J connectivity index is 2.11. The standard InChI is InChI=1S/C16H19ClN2/c1-3-16(13-6-4-8-15(17)10-13)19-12(2)14-7-5-9-18-11-14/h4-12,16,19H,3H2,1-2H3/t12-,16?/m0/s1. The first kappa shape index (κ1) is 14.0. The van der Waals surface area contributed by atoms with Crippen LogP contribution in [0.4, 0.5) is 0 Å². The molecule has 2 rings (SSSR count). The van der Waals surface area contributed by atoms with Crippen molar-refractivity contribution < 1.29 is 0 Å². The summed E-state index contributed by atoms with van der Waals surface area (Å²) in [5.74, 6) is 0. The van der Waals surface area contributed by atoms with Crippen molar-refractivity contribution in [2.45, 2.75) is 32.4 Å². The molecule has 0 aliphatic heterocycles. The number of hydrogen-bond acceptors (Lipinski definition) is 2. The summed E-state index contributed by atoms with van der Waals surface area (Å²) in [7, 11) is 0. The van der Waals surface area contributed by atoms with Crippen molar-refractivity contribution in [3.63, 3.8) is 0 Å². The maximum Gasteiger partial charge on any atom is 0.0409 e. The van der Waals surface area contributed by atoms with Gasteiger partial charge in [-0.2, -0.15) is 0 Å². The number of hydrogen-bond donors (Lipinski definition) is 1. The molecule has 0 aliphatic rings. The summed E-state index contributed by atoms with van der Waals surface area (Å²) >= 11 is 6.06. The molecule has 1 heterocycles. The molecule has 0 saturated carbocycles. The molecule has 1 aromatic heterocycles. The molecular weight excluding hydrogens is 256 g/mol. The number of aromatic nitrogens is 1. The monoisotopic (exact) mass is 274 g/mol. The van der Waals surface area contributed by atoms with E-state index in [1.807, 2.05) is 30.5 Å². The summed E-state index contributed by atoms with van der Waals surface area (Å²) in [5.41, 5.74) is 2.42. The average Bonchev–Trinajstić information content (AvgIpc) is 2.45. The second-order valence-electron chi connectivity index (χ2n) is 4.69. The third-order valence-corrected chi connectivity index (χ3v) is 3.53. The second kappa shape index (κ2) is 6.69. The molecule has 0 saturated heterocycles. The van der Waals surface area contributed by atoms with Crippen molar-refractivity contribution >= 4 is 11.6 Å². The molecule has 19 heavy (non-hydrogen) atoms. The second-order valence-corrected chi connectivity index (χ2v) is 5.13. The molecule has 100 valence electrons. The molecule has 2 aromatic rings. The van der Waals surface area contributed by atoms with Crippen LogP contribution in [-0.4, -0.2) is 4.98 Å². The molecule has 0 bridgehead atoms. The van der Waals surface area contributed by atoms with Gasteiger partial charge in [0.15, 0.2) is 0 Å². The van der Waals surface area contributed by atoms with Gasteiger partial charge in [-0.15, -0.1) is 0 Å². The van der Waals surface area contributed by atoms with Crippen LogP contribution in [0.2, 0.25) is 5.02 Å². The van der Waals surface area contributed by atoms with E-state index in [2.05, 4.69) is 36.3 Å². The van der Waals surface area contributed by atoms with Crippen LogP contribution in [0.15, 0.2) is 48.8 Å². The van der Waals surface area contributed by atoms with Gasteiger partial charge in [-0.3, -0.25) is 4.98 Å². The van der Waals surface area contributed by atoms with Crippen molar-refractivity contribution in [1.82, 2.24) is 10.3 Å². The first-order chi connectivity index (χ1) is 9.20. The Morgan fingerprint density at radius 1 is 1.21 bits per heavy atom. The van der Waals surface area contributed by atoms with Gasteiger partial charge in [-0.1, -0.05) is 36.7 Å². The summed E-state index contributed by atoms with van der Waals surface area (Å²) in [5, 5.41) is 4.41. The lowest BCUT2D eigenvalue weighted by Crippen LogP contribution is -2.24. The Morgan fingerprint density at radius 2 is 2.00 bits per heavy atom. The van der Waals surface area contributed by atoms with Gasteiger partial charge < -0.3 is 5.32 Å². The highest BCUT2D eigenvalue weighted by atomic mass is 35.5. The minimum atomic E-state index is 0.262. The quantitative estimate of drug-likeness (QED) is 0.866. The molecule has 1 N–H and O–H groups in total. The molecule has 2 atom stereocenters. The fourth-order valence-corrected chi connectivity index (χ4v) is 2.40. The van der Waals surface area contributed by atoms with Crippen LogP contribution in [-0.2, 0) is 0 Å². The lowest BCUT2D eigenvalue weighted by Gasteiger charge is -2.23. The van der Waals surface area contributed by atoms with Crippen LogP contribution < -0.4 is 5.32 Å². The van der Waals surface area contributed by atoms with E-state index in [0.29, 0.717) is 6.04 Å². The first-order valence-electron chi connectivity index (χ1n) is 6.62. The molecule has 0 amide bonds. The number of nitrogens with zero attached hydrogens (tertiary/aromatic N) is 1. The predicted octanol–water partition coefficient (Wildman–Crippen LogP) is 4.54. The Bertz CT molecular complexity index is 513. The summed E-state index contributed by atoms with van der Waals surface area (Å²) in [4.78, 5) is 4.16. The molecule has 0 aliphatic carbocycles. The molecule has 0 fully saturated rings. The topological polar surface area (TPSA) is 24.9 Å². The highest BCUT2D eigenvalue weighted by molar-refractivity contribution is 6.30. The Labute approximate surface area is 119 Å². The number of halogens is 1. The minimum absolute atomic E-state index is 0.262. The van der Waals surface area contributed by atoms with Gasteiger partial charge in [-0.05, 0) is 42.7 Å². The fraction of sp³-hybridized carbons (Fsp3) is 0.312. The summed E-state index contributed by atoms with van der Waals surface area (Å²) in [6, 6.07) is 12.7. The van der Waals surface area contributed by atoms with Gasteiger partial charge in [0.25, 0.3) is 0 Å². The summed E-state index contributed by atoms with van der Waals surface area (Å²) in [6.45, 7) is 4.33. The number of rotatable bonds is 5. The highest BCUT2D eigenvalue weighted by Crippen LogP contribution is 2.23. The van der Waals surface area contributed by atoms with E-state index in [9.17, 15) is 0 Å². The normalized spacial score (nSPS) is 14.1. The van der Waals surface area contributed by atoms with E-state index in [1.54, 1.807) is 6.20 Å². The Kier molecular flexibility index (Phi) is 4.94. The molecular formula is C16H19ClN2. The van der Waals surface area contributed by atoms with Crippen molar-refractivity contribution in [3.05, 3.63) is 64.9 Å². The lowest BCUT2D eigenvalue weighted by atomic mass is 10.0. The lowest BCUT2D eigenvalue weighted by molar-refractivity contribution is 0.456. The van der Waals surface area contributed by atoms with Gasteiger partial charge in [0.1, 0.15) is 0 Å². The van der Waals surface area contributed by atoms with E-state index < -0.39 is 0 Å². The van der Waals surface area contributed by atoms with Crippen LogP contribution in [0.3, 0.4) is 0 Å². The maximum atomic E-state index is 6.06. The van der Waals surface area contributed by atoms with Gasteiger partial charge in [-0.25, -0.2) is 0 Å². The number of benzene rings is 1. The van der Waals surface area contributed by atoms with Crippen LogP contribution in [0.1, 0.15) is 43.5 Å². The first-order valence-corrected chi connectivity index (χ1v) is 7.00. The van der Waals surface area contributed by atoms with Crippen molar-refractivity contribution in [1.29, 1.82) is 0 Å². The highest BCUT2D eigenvalue weighted by Gasteiger charge is 2.13. The Morgan fingerprint density at radius 3 is 2.63 bits per heavy atom. The number of pyridine rings is 1. The Hall–Kier alpha value is -1.38. The summed E-state index contributed by atoms with van der Waals surface area (Å²) < 4.78 is 0. The number of nitrogens with one attached hydrogen (secondary N) is 1. The van der Waals surface area contributed by atoms with E-state index in [1.165, 1.54) is 11.1 Å². The molecule has 0 radical (unpaired) electrons. The predicted molar refractivity (Wildman–Crippen MR) is 80.3 cm³/mol. The smallest absolute Gasteiger partial charge is 0.0409 e. The largest absolute Gasteiger partial charge is 0.303 e. The third-order valence-electron chi connectivity index (χ3n) is 3.29.